The molecule has 0 unspecified atom stereocenters. The molecule has 1 aliphatic heterocycles. The van der Waals surface area contributed by atoms with E-state index in [0.29, 0.717) is 44.7 Å². The lowest BCUT2D eigenvalue weighted by molar-refractivity contribution is -0.145. The summed E-state index contributed by atoms with van der Waals surface area (Å²) >= 11 is 0. The van der Waals surface area contributed by atoms with Crippen LogP contribution in [0.5, 0.6) is 0 Å². The van der Waals surface area contributed by atoms with Crippen LogP contribution in [0.4, 0.5) is 4.79 Å². The first kappa shape index (κ1) is 40.1. The zero-order chi connectivity index (χ0) is 37.4. The molecular weight excluding hydrogens is 659 g/mol. The van der Waals surface area contributed by atoms with Gasteiger partial charge in [0.1, 0.15) is 12.1 Å². The van der Waals surface area contributed by atoms with Gasteiger partial charge in [-0.15, -0.1) is 0 Å². The predicted octanol–water partition coefficient (Wildman–Crippen LogP) is 3.87. The van der Waals surface area contributed by atoms with E-state index >= 15 is 0 Å². The summed E-state index contributed by atoms with van der Waals surface area (Å²) in [5, 5.41) is 11.4. The van der Waals surface area contributed by atoms with Crippen LogP contribution in [0.25, 0.3) is 0 Å². The number of amides is 5. The molecular formula is C37H63N5O7S. The van der Waals surface area contributed by atoms with Crippen LogP contribution in [0.1, 0.15) is 127 Å². The Labute approximate surface area is 299 Å². The molecule has 3 aliphatic carbocycles. The Morgan fingerprint density at radius 3 is 2.08 bits per heavy atom. The van der Waals surface area contributed by atoms with E-state index in [-0.39, 0.29) is 23.0 Å². The molecule has 1 saturated heterocycles. The van der Waals surface area contributed by atoms with Crippen molar-refractivity contribution in [1.82, 2.24) is 26.2 Å². The first-order chi connectivity index (χ1) is 23.0. The van der Waals surface area contributed by atoms with Gasteiger partial charge in [0.05, 0.1) is 22.1 Å². The average Bonchev–Trinajstić information content (AvgIpc) is 3.87. The third-order valence-corrected chi connectivity index (χ3v) is 14.5. The summed E-state index contributed by atoms with van der Waals surface area (Å²) in [6.45, 7) is 17.2. The fourth-order valence-corrected chi connectivity index (χ4v) is 9.49. The van der Waals surface area contributed by atoms with E-state index in [9.17, 15) is 32.4 Å². The number of urea groups is 1. The Morgan fingerprint density at radius 2 is 1.54 bits per heavy atom. The maximum absolute atomic E-state index is 14.5. The second-order valence-electron chi connectivity index (χ2n) is 18.2. The highest BCUT2D eigenvalue weighted by Gasteiger charge is 2.70. The van der Waals surface area contributed by atoms with Crippen molar-refractivity contribution in [2.45, 2.75) is 155 Å². The fraction of sp³-hybridized carbons (Fsp3) is 0.865. The third kappa shape index (κ3) is 9.02. The van der Waals surface area contributed by atoms with E-state index in [1.807, 2.05) is 27.7 Å². The maximum Gasteiger partial charge on any atom is 0.315 e. The molecule has 0 aromatic carbocycles. The van der Waals surface area contributed by atoms with Crippen molar-refractivity contribution in [1.29, 1.82) is 0 Å². The largest absolute Gasteiger partial charge is 0.349 e. The van der Waals surface area contributed by atoms with Gasteiger partial charge >= 0.3 is 6.03 Å². The minimum absolute atomic E-state index is 0.0678. The Morgan fingerprint density at radius 1 is 0.920 bits per heavy atom. The number of Topliss-reactive ketones (excluding diaryl/α,β-unsaturated/α-hetero) is 1. The van der Waals surface area contributed by atoms with Crippen molar-refractivity contribution in [3.05, 3.63) is 0 Å². The molecule has 5 atom stereocenters. The van der Waals surface area contributed by atoms with Crippen LogP contribution in [0.2, 0.25) is 0 Å². The Balaban J connectivity index is 1.54. The van der Waals surface area contributed by atoms with E-state index in [1.165, 1.54) is 0 Å². The second kappa shape index (κ2) is 14.7. The molecule has 0 aromatic heterocycles. The van der Waals surface area contributed by atoms with Gasteiger partial charge in [0.25, 0.3) is 5.91 Å². The van der Waals surface area contributed by atoms with Crippen LogP contribution >= 0.6 is 0 Å². The Bertz CT molecular complexity index is 1420. The van der Waals surface area contributed by atoms with E-state index in [0.717, 1.165) is 38.5 Å². The number of hydrogen-bond donors (Lipinski definition) is 4. The van der Waals surface area contributed by atoms with Crippen LogP contribution in [0, 0.1) is 28.6 Å². The van der Waals surface area contributed by atoms with Gasteiger partial charge in [-0.25, -0.2) is 13.2 Å². The molecule has 50 heavy (non-hydrogen) atoms. The zero-order valence-corrected chi connectivity index (χ0v) is 32.7. The first-order valence-electron chi connectivity index (χ1n) is 18.8. The number of nitrogens with one attached hydrogen (secondary N) is 4. The molecule has 4 N–H and O–H groups in total. The van der Waals surface area contributed by atoms with Gasteiger partial charge in [-0.2, -0.15) is 0 Å². The van der Waals surface area contributed by atoms with Crippen LogP contribution in [0.15, 0.2) is 0 Å². The molecule has 3 saturated carbocycles. The number of likely N-dealkylation sites (tertiary alicyclic amines) is 1. The standard InChI is InChI=1S/C37H63N5O7S/c1-10-20-38-31(45)28(43)25(17-16-23-14-15-23)39-30(44)27-26-24(36(26,8)9)21-42(27)32(46)29(34(2,3)4)40-33(47)41-37(18-12-11-13-19-37)22-50(48,49)35(5,6)7/h23-27,29H,10-22H2,1-9H3,(H,38,45)(H,39,44)(H2,40,41,47)/t24-,25-,26-,27-,29+/m0/s1. The molecule has 0 spiro atoms. The monoisotopic (exact) mass is 721 g/mol. The maximum atomic E-state index is 14.5. The van der Waals surface area contributed by atoms with Crippen molar-refractivity contribution >= 4 is 39.4 Å². The van der Waals surface area contributed by atoms with Gasteiger partial charge < -0.3 is 26.2 Å². The van der Waals surface area contributed by atoms with Gasteiger partial charge in [-0.05, 0) is 81.5 Å². The normalized spacial score (nSPS) is 25.5. The summed E-state index contributed by atoms with van der Waals surface area (Å²) in [6.07, 6.45) is 7.47. The van der Waals surface area contributed by atoms with E-state index in [2.05, 4.69) is 35.1 Å². The van der Waals surface area contributed by atoms with Crippen LogP contribution in [-0.2, 0) is 29.0 Å². The summed E-state index contributed by atoms with van der Waals surface area (Å²) < 4.78 is 25.7. The topological polar surface area (TPSA) is 171 Å². The van der Waals surface area contributed by atoms with E-state index in [4.69, 9.17) is 0 Å². The molecule has 12 nitrogen and oxygen atoms in total. The van der Waals surface area contributed by atoms with Gasteiger partial charge in [0.15, 0.2) is 9.84 Å². The summed E-state index contributed by atoms with van der Waals surface area (Å²) in [5.41, 5.74) is -1.90. The van der Waals surface area contributed by atoms with Crippen molar-refractivity contribution in [2.24, 2.45) is 28.6 Å². The first-order valence-corrected chi connectivity index (χ1v) is 20.4. The number of carbonyl (C=O) groups is 5. The van der Waals surface area contributed by atoms with Gasteiger partial charge in [0, 0.05) is 13.1 Å². The molecule has 5 amide bonds. The second-order valence-corrected chi connectivity index (χ2v) is 20.9. The highest BCUT2D eigenvalue weighted by molar-refractivity contribution is 7.92. The van der Waals surface area contributed by atoms with E-state index in [1.54, 1.807) is 25.7 Å². The van der Waals surface area contributed by atoms with Gasteiger partial charge in [0.2, 0.25) is 17.6 Å². The predicted molar refractivity (Wildman–Crippen MR) is 193 cm³/mol. The molecule has 4 rings (SSSR count). The molecule has 284 valence electrons. The lowest BCUT2D eigenvalue weighted by atomic mass is 9.83. The number of ketones is 1. The number of nitrogens with zero attached hydrogens (tertiary/aromatic N) is 1. The zero-order valence-electron chi connectivity index (χ0n) is 31.9. The molecule has 13 heteroatoms. The molecule has 4 aliphatic rings. The fourth-order valence-electron chi connectivity index (χ4n) is 7.97. The van der Waals surface area contributed by atoms with E-state index < -0.39 is 73.2 Å². The smallest absolute Gasteiger partial charge is 0.315 e. The average molecular weight is 722 g/mol. The number of fused-ring (bicyclic) bond motifs is 1. The number of piperidine rings is 1. The molecule has 0 radical (unpaired) electrons. The molecule has 0 aromatic rings. The number of sulfone groups is 1. The highest BCUT2D eigenvalue weighted by atomic mass is 32.2. The Hall–Kier alpha value is -2.70. The Kier molecular flexibility index (Phi) is 11.8. The summed E-state index contributed by atoms with van der Waals surface area (Å²) in [6, 6.07) is -3.49. The van der Waals surface area contributed by atoms with Gasteiger partial charge in [-0.1, -0.05) is 73.6 Å². The lowest BCUT2D eigenvalue weighted by Crippen LogP contribution is -2.64. The van der Waals surface area contributed by atoms with Crippen LogP contribution < -0.4 is 21.3 Å². The molecule has 0 bridgehead atoms. The van der Waals surface area contributed by atoms with Crippen molar-refractivity contribution in [2.75, 3.05) is 18.8 Å². The van der Waals surface area contributed by atoms with Crippen molar-refractivity contribution in [3.8, 4) is 0 Å². The number of carbonyl (C=O) groups excluding carboxylic acids is 5. The third-order valence-electron chi connectivity index (χ3n) is 11.7. The van der Waals surface area contributed by atoms with Crippen molar-refractivity contribution < 1.29 is 32.4 Å². The van der Waals surface area contributed by atoms with Crippen molar-refractivity contribution in [3.63, 3.8) is 0 Å². The van der Waals surface area contributed by atoms with Gasteiger partial charge in [-0.3, -0.25) is 19.2 Å². The van der Waals surface area contributed by atoms with Crippen LogP contribution in [-0.4, -0.2) is 90.1 Å². The summed E-state index contributed by atoms with van der Waals surface area (Å²) in [5.74, 6) is -2.02. The SMILES string of the molecule is CCCNC(=O)C(=O)[C@H](CCC1CC1)NC(=O)[C@@H]1[C@@H]2[C@H](CN1C(=O)[C@@H](NC(=O)NC1(CS(=O)(=O)C(C)(C)C)CCCCC1)C(C)(C)C)C2(C)C. The molecule has 1 heterocycles. The summed E-state index contributed by atoms with van der Waals surface area (Å²) in [4.78, 5) is 69.9. The minimum Gasteiger partial charge on any atom is -0.349 e. The lowest BCUT2D eigenvalue weighted by Gasteiger charge is -2.41. The minimum atomic E-state index is -3.56. The quantitative estimate of drug-likeness (QED) is 0.197. The highest BCUT2D eigenvalue weighted by Crippen LogP contribution is 2.65. The molecule has 4 fully saturated rings. The van der Waals surface area contributed by atoms with Crippen LogP contribution in [0.3, 0.4) is 0 Å². The number of hydrogen-bond acceptors (Lipinski definition) is 7. The number of rotatable bonds is 14. The summed E-state index contributed by atoms with van der Waals surface area (Å²) in [7, 11) is -3.56.